The number of aliphatic hydroxyl groups is 1. The van der Waals surface area contributed by atoms with Crippen LogP contribution in [-0.2, 0) is 25.9 Å². The van der Waals surface area contributed by atoms with Gasteiger partial charge in [-0.25, -0.2) is 4.79 Å². The predicted octanol–water partition coefficient (Wildman–Crippen LogP) is -0.0881. The van der Waals surface area contributed by atoms with Gasteiger partial charge in [-0.05, 0) is 49.9 Å². The van der Waals surface area contributed by atoms with Crippen molar-refractivity contribution in [2.45, 2.75) is 43.7 Å². The Morgan fingerprint density at radius 2 is 1.67 bits per heavy atom. The molecule has 0 amide bonds. The first-order valence-corrected chi connectivity index (χ1v) is 6.31. The van der Waals surface area contributed by atoms with E-state index in [9.17, 15) is 0 Å². The zero-order chi connectivity index (χ0) is 12.6. The van der Waals surface area contributed by atoms with Gasteiger partial charge in [0.25, 0.3) is 0 Å². The number of nitrogens with two attached hydrogens (primary N) is 2. The summed E-state index contributed by atoms with van der Waals surface area (Å²) in [6.45, 7) is -0.778. The van der Waals surface area contributed by atoms with E-state index in [0.29, 0.717) is 6.04 Å². The minimum Gasteiger partial charge on any atom is -0.480 e. The molecule has 0 aromatic rings. The zero-order valence-corrected chi connectivity index (χ0v) is 12.6. The number of rotatable bonds is 1. The first-order chi connectivity index (χ1) is 7.94. The van der Waals surface area contributed by atoms with Crippen LogP contribution in [-0.4, -0.2) is 34.4 Å². The summed E-state index contributed by atoms with van der Waals surface area (Å²) in [6.07, 6.45) is 6.61. The maximum atomic E-state index is 9.12. The van der Waals surface area contributed by atoms with Gasteiger partial charge in [0.1, 0.15) is 6.61 Å². The minimum atomic E-state index is -1.19. The van der Waals surface area contributed by atoms with Crippen molar-refractivity contribution in [3.05, 3.63) is 0 Å². The first kappa shape index (κ1) is 16.1. The SMILES string of the molecule is NC1C2CC3CC(C2)CC1(N)C3.O=C(O)CO.[Pt]. The maximum Gasteiger partial charge on any atom is 0.329 e. The van der Waals surface area contributed by atoms with Crippen molar-refractivity contribution in [1.82, 2.24) is 0 Å². The monoisotopic (exact) mass is 437 g/mol. The van der Waals surface area contributed by atoms with Crippen molar-refractivity contribution in [2.24, 2.45) is 29.2 Å². The number of carboxylic acids is 1. The van der Waals surface area contributed by atoms with Crippen LogP contribution in [0.4, 0.5) is 0 Å². The number of aliphatic hydroxyl groups excluding tert-OH is 1. The second-order valence-corrected chi connectivity index (χ2v) is 5.92. The molecule has 4 rings (SSSR count). The van der Waals surface area contributed by atoms with Gasteiger partial charge >= 0.3 is 5.97 Å². The molecule has 3 atom stereocenters. The molecule has 0 heterocycles. The molecule has 18 heavy (non-hydrogen) atoms. The van der Waals surface area contributed by atoms with E-state index in [4.69, 9.17) is 26.5 Å². The molecule has 0 aromatic heterocycles. The predicted molar refractivity (Wildman–Crippen MR) is 63.2 cm³/mol. The van der Waals surface area contributed by atoms with Crippen LogP contribution in [0, 0.1) is 17.8 Å². The van der Waals surface area contributed by atoms with Crippen LogP contribution in [0.25, 0.3) is 0 Å². The van der Waals surface area contributed by atoms with Gasteiger partial charge in [-0.15, -0.1) is 0 Å². The van der Waals surface area contributed by atoms with Crippen molar-refractivity contribution in [2.75, 3.05) is 6.61 Å². The van der Waals surface area contributed by atoms with E-state index in [1.54, 1.807) is 0 Å². The van der Waals surface area contributed by atoms with Crippen LogP contribution in [0.15, 0.2) is 0 Å². The molecule has 4 aliphatic carbocycles. The van der Waals surface area contributed by atoms with Gasteiger partial charge in [0.2, 0.25) is 0 Å². The van der Waals surface area contributed by atoms with Crippen LogP contribution in [0.5, 0.6) is 0 Å². The molecule has 3 unspecified atom stereocenters. The van der Waals surface area contributed by atoms with E-state index in [2.05, 4.69) is 0 Å². The van der Waals surface area contributed by atoms with Crippen molar-refractivity contribution in [1.29, 1.82) is 0 Å². The Kier molecular flexibility index (Phi) is 5.36. The Hall–Kier alpha value is 0.0383. The molecule has 6 N–H and O–H groups in total. The Morgan fingerprint density at radius 1 is 1.22 bits per heavy atom. The van der Waals surface area contributed by atoms with Gasteiger partial charge in [-0.2, -0.15) is 0 Å². The van der Waals surface area contributed by atoms with E-state index >= 15 is 0 Å². The summed E-state index contributed by atoms with van der Waals surface area (Å²) in [5.41, 5.74) is 12.6. The molecule has 0 aliphatic heterocycles. The maximum absolute atomic E-state index is 9.12. The van der Waals surface area contributed by atoms with Crippen molar-refractivity contribution in [3.63, 3.8) is 0 Å². The fourth-order valence-corrected chi connectivity index (χ4v) is 4.14. The Labute approximate surface area is 122 Å². The van der Waals surface area contributed by atoms with Crippen molar-refractivity contribution in [3.8, 4) is 0 Å². The summed E-state index contributed by atoms with van der Waals surface area (Å²) >= 11 is 0. The number of carbonyl (C=O) groups is 1. The summed E-state index contributed by atoms with van der Waals surface area (Å²) in [7, 11) is 0. The van der Waals surface area contributed by atoms with E-state index in [-0.39, 0.29) is 26.6 Å². The van der Waals surface area contributed by atoms with E-state index < -0.39 is 12.6 Å². The van der Waals surface area contributed by atoms with Crippen LogP contribution < -0.4 is 11.5 Å². The molecule has 4 aliphatic rings. The quantitative estimate of drug-likeness (QED) is 0.459. The van der Waals surface area contributed by atoms with Gasteiger partial charge in [-0.1, -0.05) is 0 Å². The van der Waals surface area contributed by atoms with Crippen molar-refractivity contribution >= 4 is 5.97 Å². The molecular formula is C12H22N2O3Pt. The molecule has 108 valence electrons. The second kappa shape index (κ2) is 5.99. The van der Waals surface area contributed by atoms with Crippen LogP contribution >= 0.6 is 0 Å². The molecule has 4 bridgehead atoms. The van der Waals surface area contributed by atoms with E-state index in [1.807, 2.05) is 0 Å². The molecule has 0 aromatic carbocycles. The second-order valence-electron chi connectivity index (χ2n) is 5.92. The number of hydrogen-bond acceptors (Lipinski definition) is 4. The molecule has 4 saturated carbocycles. The molecule has 0 spiro atoms. The molecule has 0 radical (unpaired) electrons. The third kappa shape index (κ3) is 3.13. The molecule has 5 nitrogen and oxygen atoms in total. The van der Waals surface area contributed by atoms with E-state index in [0.717, 1.165) is 17.8 Å². The summed E-state index contributed by atoms with van der Waals surface area (Å²) in [5, 5.41) is 15.0. The van der Waals surface area contributed by atoms with Crippen LogP contribution in [0.3, 0.4) is 0 Å². The largest absolute Gasteiger partial charge is 0.480 e. The Morgan fingerprint density at radius 3 is 2.00 bits per heavy atom. The molecule has 0 saturated heterocycles. The fourth-order valence-electron chi connectivity index (χ4n) is 4.14. The summed E-state index contributed by atoms with van der Waals surface area (Å²) in [4.78, 5) is 9.12. The van der Waals surface area contributed by atoms with Gasteiger partial charge in [0.05, 0.1) is 0 Å². The van der Waals surface area contributed by atoms with Crippen molar-refractivity contribution < 1.29 is 36.1 Å². The summed E-state index contributed by atoms with van der Waals surface area (Å²) < 4.78 is 0. The van der Waals surface area contributed by atoms with Crippen LogP contribution in [0.1, 0.15) is 32.1 Å². The number of hydrogen-bond donors (Lipinski definition) is 4. The van der Waals surface area contributed by atoms with Gasteiger partial charge in [0.15, 0.2) is 0 Å². The Bertz CT molecular complexity index is 300. The average Bonchev–Trinajstić information content (AvgIpc) is 2.25. The normalized spacial score (nSPS) is 43.7. The van der Waals surface area contributed by atoms with Gasteiger partial charge in [-0.3, -0.25) is 0 Å². The smallest absolute Gasteiger partial charge is 0.329 e. The summed E-state index contributed by atoms with van der Waals surface area (Å²) in [5.74, 6) is 1.42. The third-order valence-electron chi connectivity index (χ3n) is 4.58. The average molecular weight is 437 g/mol. The third-order valence-corrected chi connectivity index (χ3v) is 4.58. The number of carboxylic acid groups (broad SMARTS) is 1. The standard InChI is InChI=1S/C10H18N2.C2H4O3.Pt/c11-9-8-2-6-1-7(3-8)5-10(9,12)4-6;3-1-2(4)5;/h6-9H,1-5,11-12H2;3H,1H2,(H,4,5);. The Balaban J connectivity index is 0.000000238. The zero-order valence-electron chi connectivity index (χ0n) is 10.3. The van der Waals surface area contributed by atoms with Gasteiger partial charge in [0, 0.05) is 32.6 Å². The number of aliphatic carboxylic acids is 1. The van der Waals surface area contributed by atoms with Gasteiger partial charge < -0.3 is 21.7 Å². The van der Waals surface area contributed by atoms with E-state index in [1.165, 1.54) is 32.1 Å². The topological polar surface area (TPSA) is 110 Å². The van der Waals surface area contributed by atoms with Crippen LogP contribution in [0.2, 0.25) is 0 Å². The minimum absolute atomic E-state index is 0. The summed E-state index contributed by atoms with van der Waals surface area (Å²) in [6, 6.07) is 0.310. The molecular weight excluding hydrogens is 415 g/mol. The molecule has 6 heteroatoms. The first-order valence-electron chi connectivity index (χ1n) is 6.31. The molecule has 4 fully saturated rings. The fraction of sp³-hybridized carbons (Fsp3) is 0.917.